The Morgan fingerprint density at radius 1 is 0.920 bits per heavy atom. The molecule has 0 radical (unpaired) electrons. The van der Waals surface area contributed by atoms with Crippen LogP contribution in [-0.2, 0) is 19.1 Å². The molecule has 6 heteroatoms. The summed E-state index contributed by atoms with van der Waals surface area (Å²) in [5.74, 6) is -0.429. The number of methoxy groups -OCH3 is 2. The van der Waals surface area contributed by atoms with Gasteiger partial charge in [-0.1, -0.05) is 45.4 Å². The lowest BCUT2D eigenvalue weighted by molar-refractivity contribution is -0.143. The lowest BCUT2D eigenvalue weighted by Gasteiger charge is -2.18. The van der Waals surface area contributed by atoms with Gasteiger partial charge in [0.15, 0.2) is 0 Å². The van der Waals surface area contributed by atoms with Crippen LogP contribution in [0.1, 0.15) is 77.6 Å². The highest BCUT2D eigenvalue weighted by molar-refractivity contribution is 5.75. The standard InChI is InChI=1S/C19H37NO5/c1-4-5-8-11-16(21)14-15-20-17(19(23)25-3)12-9-6-7-10-13-18(22)24-2/h16-17,20-21H,4-15H2,1-3H3. The maximum absolute atomic E-state index is 11.8. The van der Waals surface area contributed by atoms with Crippen molar-refractivity contribution in [1.82, 2.24) is 5.32 Å². The second-order valence-electron chi connectivity index (χ2n) is 6.50. The van der Waals surface area contributed by atoms with Gasteiger partial charge in [-0.25, -0.2) is 0 Å². The first kappa shape index (κ1) is 23.9. The first-order valence-electron chi connectivity index (χ1n) is 9.61. The number of aliphatic hydroxyl groups excluding tert-OH is 1. The van der Waals surface area contributed by atoms with Crippen LogP contribution in [0, 0.1) is 0 Å². The Morgan fingerprint density at radius 2 is 1.60 bits per heavy atom. The van der Waals surface area contributed by atoms with Gasteiger partial charge in [0.05, 0.1) is 20.3 Å². The normalized spacial score (nSPS) is 13.3. The van der Waals surface area contributed by atoms with E-state index in [1.165, 1.54) is 14.2 Å². The summed E-state index contributed by atoms with van der Waals surface area (Å²) in [5, 5.41) is 13.1. The molecule has 0 spiro atoms. The van der Waals surface area contributed by atoms with E-state index in [0.29, 0.717) is 25.8 Å². The molecule has 0 aromatic carbocycles. The van der Waals surface area contributed by atoms with E-state index in [9.17, 15) is 14.7 Å². The molecular weight excluding hydrogens is 322 g/mol. The van der Waals surface area contributed by atoms with Crippen LogP contribution >= 0.6 is 0 Å². The minimum atomic E-state index is -0.326. The molecule has 0 saturated carbocycles. The topological polar surface area (TPSA) is 84.9 Å². The monoisotopic (exact) mass is 359 g/mol. The largest absolute Gasteiger partial charge is 0.469 e. The van der Waals surface area contributed by atoms with Gasteiger partial charge in [0, 0.05) is 6.42 Å². The Balaban J connectivity index is 3.89. The summed E-state index contributed by atoms with van der Waals surface area (Å²) in [6.07, 6.45) is 9.27. The van der Waals surface area contributed by atoms with Gasteiger partial charge in [-0.15, -0.1) is 0 Å². The molecule has 2 unspecified atom stereocenters. The molecule has 0 heterocycles. The molecule has 0 fully saturated rings. The van der Waals surface area contributed by atoms with Crippen LogP contribution in [0.3, 0.4) is 0 Å². The predicted octanol–water partition coefficient (Wildman–Crippen LogP) is 2.96. The van der Waals surface area contributed by atoms with Gasteiger partial charge >= 0.3 is 11.9 Å². The van der Waals surface area contributed by atoms with Crippen LogP contribution in [-0.4, -0.2) is 50.0 Å². The number of carbonyl (C=O) groups is 2. The zero-order chi connectivity index (χ0) is 18.9. The summed E-state index contributed by atoms with van der Waals surface area (Å²) in [6.45, 7) is 2.75. The fraction of sp³-hybridized carbons (Fsp3) is 0.895. The van der Waals surface area contributed by atoms with E-state index in [4.69, 9.17) is 4.74 Å². The van der Waals surface area contributed by atoms with Gasteiger partial charge in [0.2, 0.25) is 0 Å². The molecule has 0 rings (SSSR count). The molecule has 0 bridgehead atoms. The second-order valence-corrected chi connectivity index (χ2v) is 6.50. The summed E-state index contributed by atoms with van der Waals surface area (Å²) in [6, 6.07) is -0.326. The quantitative estimate of drug-likeness (QED) is 0.325. The van der Waals surface area contributed by atoms with Crippen LogP contribution in [0.2, 0.25) is 0 Å². The Morgan fingerprint density at radius 3 is 2.24 bits per heavy atom. The predicted molar refractivity (Wildman–Crippen MR) is 98.3 cm³/mol. The van der Waals surface area contributed by atoms with E-state index in [0.717, 1.165) is 51.4 Å². The molecule has 0 aliphatic heterocycles. The molecule has 25 heavy (non-hydrogen) atoms. The number of aliphatic hydroxyl groups is 1. The highest BCUT2D eigenvalue weighted by Crippen LogP contribution is 2.10. The lowest BCUT2D eigenvalue weighted by atomic mass is 10.1. The highest BCUT2D eigenvalue weighted by atomic mass is 16.5. The van der Waals surface area contributed by atoms with E-state index in [1.807, 2.05) is 0 Å². The van der Waals surface area contributed by atoms with E-state index in [2.05, 4.69) is 17.0 Å². The molecule has 0 aromatic heterocycles. The van der Waals surface area contributed by atoms with Gasteiger partial charge in [0.1, 0.15) is 6.04 Å². The third-order valence-corrected chi connectivity index (χ3v) is 4.35. The molecule has 148 valence electrons. The number of hydrogen-bond donors (Lipinski definition) is 2. The van der Waals surface area contributed by atoms with Gasteiger partial charge in [-0.3, -0.25) is 9.59 Å². The minimum absolute atomic E-state index is 0.174. The lowest BCUT2D eigenvalue weighted by Crippen LogP contribution is -2.39. The fourth-order valence-corrected chi connectivity index (χ4v) is 2.72. The molecule has 0 amide bonds. The van der Waals surface area contributed by atoms with Crippen molar-refractivity contribution in [3.63, 3.8) is 0 Å². The van der Waals surface area contributed by atoms with Crippen molar-refractivity contribution in [2.24, 2.45) is 0 Å². The molecule has 6 nitrogen and oxygen atoms in total. The van der Waals surface area contributed by atoms with Crippen molar-refractivity contribution in [1.29, 1.82) is 0 Å². The molecule has 2 N–H and O–H groups in total. The molecule has 0 aliphatic rings. The number of unbranched alkanes of at least 4 members (excludes halogenated alkanes) is 5. The zero-order valence-corrected chi connectivity index (χ0v) is 16.2. The number of ether oxygens (including phenoxy) is 2. The molecular formula is C19H37NO5. The number of carbonyl (C=O) groups excluding carboxylic acids is 2. The van der Waals surface area contributed by atoms with E-state index >= 15 is 0 Å². The van der Waals surface area contributed by atoms with Crippen LogP contribution in [0.4, 0.5) is 0 Å². The summed E-state index contributed by atoms with van der Waals surface area (Å²) >= 11 is 0. The van der Waals surface area contributed by atoms with E-state index < -0.39 is 0 Å². The van der Waals surface area contributed by atoms with Crippen molar-refractivity contribution in [3.8, 4) is 0 Å². The molecule has 0 aliphatic carbocycles. The van der Waals surface area contributed by atoms with Gasteiger partial charge < -0.3 is 19.9 Å². The van der Waals surface area contributed by atoms with Crippen LogP contribution in [0.25, 0.3) is 0 Å². The Labute approximate surface area is 152 Å². The Hall–Kier alpha value is -1.14. The van der Waals surface area contributed by atoms with E-state index in [-0.39, 0.29) is 24.1 Å². The number of nitrogens with one attached hydrogen (secondary N) is 1. The second kappa shape index (κ2) is 16.3. The maximum Gasteiger partial charge on any atom is 0.322 e. The Kier molecular flexibility index (Phi) is 15.6. The highest BCUT2D eigenvalue weighted by Gasteiger charge is 2.18. The summed E-state index contributed by atoms with van der Waals surface area (Å²) in [7, 11) is 2.79. The van der Waals surface area contributed by atoms with Crippen LogP contribution in [0.5, 0.6) is 0 Å². The molecule has 0 saturated heterocycles. The number of hydrogen-bond acceptors (Lipinski definition) is 6. The van der Waals surface area contributed by atoms with Crippen LogP contribution in [0.15, 0.2) is 0 Å². The third-order valence-electron chi connectivity index (χ3n) is 4.35. The third kappa shape index (κ3) is 13.8. The summed E-state index contributed by atoms with van der Waals surface area (Å²) < 4.78 is 9.45. The van der Waals surface area contributed by atoms with Crippen LogP contribution < -0.4 is 5.32 Å². The molecule has 2 atom stereocenters. The summed E-state index contributed by atoms with van der Waals surface area (Å²) in [4.78, 5) is 22.9. The SMILES string of the molecule is CCCCCC(O)CCNC(CCCCCCC(=O)OC)C(=O)OC. The smallest absolute Gasteiger partial charge is 0.322 e. The van der Waals surface area contributed by atoms with Gasteiger partial charge in [-0.2, -0.15) is 0 Å². The van der Waals surface area contributed by atoms with Crippen molar-refractivity contribution in [2.45, 2.75) is 89.7 Å². The fourth-order valence-electron chi connectivity index (χ4n) is 2.72. The van der Waals surface area contributed by atoms with Crippen molar-refractivity contribution >= 4 is 11.9 Å². The number of esters is 2. The zero-order valence-electron chi connectivity index (χ0n) is 16.2. The van der Waals surface area contributed by atoms with Crippen molar-refractivity contribution in [3.05, 3.63) is 0 Å². The first-order valence-corrected chi connectivity index (χ1v) is 9.61. The first-order chi connectivity index (χ1) is 12.0. The summed E-state index contributed by atoms with van der Waals surface area (Å²) in [5.41, 5.74) is 0. The van der Waals surface area contributed by atoms with Gasteiger partial charge in [0.25, 0.3) is 0 Å². The Bertz CT molecular complexity index is 349. The maximum atomic E-state index is 11.8. The van der Waals surface area contributed by atoms with Crippen molar-refractivity contribution in [2.75, 3.05) is 20.8 Å². The van der Waals surface area contributed by atoms with E-state index in [1.54, 1.807) is 0 Å². The average Bonchev–Trinajstić information content (AvgIpc) is 2.62. The minimum Gasteiger partial charge on any atom is -0.469 e. The van der Waals surface area contributed by atoms with Gasteiger partial charge in [-0.05, 0) is 32.2 Å². The average molecular weight is 360 g/mol. The van der Waals surface area contributed by atoms with Crippen molar-refractivity contribution < 1.29 is 24.2 Å². The molecule has 0 aromatic rings. The number of rotatable bonds is 16.